The molecule has 0 saturated heterocycles. The number of pyridine rings is 1. The van der Waals surface area contributed by atoms with E-state index in [1.807, 2.05) is 0 Å². The van der Waals surface area contributed by atoms with Crippen LogP contribution in [0.1, 0.15) is 205 Å². The highest BCUT2D eigenvalue weighted by atomic mass is 15.1. The third kappa shape index (κ3) is 17.7. The van der Waals surface area contributed by atoms with Gasteiger partial charge in [0.2, 0.25) is 5.52 Å². The molecular weight excluding hydrogens is 665 g/mol. The molecule has 2 aromatic carbocycles. The highest BCUT2D eigenvalue weighted by Gasteiger charge is 2.15. The number of para-hydroxylation sites is 2. The molecule has 2 heterocycles. The first kappa shape index (κ1) is 44.6. The number of hydrogen-bond acceptors (Lipinski definition) is 1. The summed E-state index contributed by atoms with van der Waals surface area (Å²) in [6.07, 6.45) is 53.1. The molecule has 55 heavy (non-hydrogen) atoms. The summed E-state index contributed by atoms with van der Waals surface area (Å²) in [7, 11) is 0. The summed E-state index contributed by atoms with van der Waals surface area (Å²) in [5, 5.41) is 1.34. The number of aryl methyl sites for hydroxylation is 1. The second-order valence-corrected chi connectivity index (χ2v) is 16.7. The Hall–Kier alpha value is -3.13. The van der Waals surface area contributed by atoms with E-state index in [9.17, 15) is 0 Å². The largest absolute Gasteiger partial charge is 0.347 e. The molecule has 3 aromatic rings. The third-order valence-electron chi connectivity index (χ3n) is 12.0. The second kappa shape index (κ2) is 29.2. The maximum atomic E-state index is 2.47. The maximum absolute atomic E-state index is 2.47. The van der Waals surface area contributed by atoms with Crippen molar-refractivity contribution >= 4 is 28.2 Å². The summed E-state index contributed by atoms with van der Waals surface area (Å²) in [6, 6.07) is 20.2. The third-order valence-corrected chi connectivity index (χ3v) is 12.0. The highest BCUT2D eigenvalue weighted by Crippen LogP contribution is 2.33. The Morgan fingerprint density at radius 3 is 1.58 bits per heavy atom. The van der Waals surface area contributed by atoms with Gasteiger partial charge in [0, 0.05) is 42.5 Å². The summed E-state index contributed by atoms with van der Waals surface area (Å²) in [6.45, 7) is 6.81. The zero-order chi connectivity index (χ0) is 38.4. The molecule has 2 nitrogen and oxygen atoms in total. The quantitative estimate of drug-likeness (QED) is 0.0456. The number of aromatic nitrogens is 1. The van der Waals surface area contributed by atoms with Crippen LogP contribution in [0.25, 0.3) is 22.6 Å². The molecule has 2 heteroatoms. The summed E-state index contributed by atoms with van der Waals surface area (Å²) in [5.74, 6) is 0. The lowest BCUT2D eigenvalue weighted by molar-refractivity contribution is -0.671. The van der Waals surface area contributed by atoms with Crippen LogP contribution in [0.5, 0.6) is 0 Å². The smallest absolute Gasteiger partial charge is 0.213 e. The van der Waals surface area contributed by atoms with Crippen LogP contribution in [0.3, 0.4) is 0 Å². The highest BCUT2D eigenvalue weighted by molar-refractivity contribution is 5.89. The van der Waals surface area contributed by atoms with E-state index in [4.69, 9.17) is 0 Å². The normalized spacial score (nSPS) is 13.5. The molecule has 0 N–H and O–H groups in total. The lowest BCUT2D eigenvalue weighted by Gasteiger charge is -2.27. The van der Waals surface area contributed by atoms with E-state index >= 15 is 0 Å². The maximum Gasteiger partial charge on any atom is 0.213 e. The van der Waals surface area contributed by atoms with Gasteiger partial charge >= 0.3 is 0 Å². The van der Waals surface area contributed by atoms with Crippen LogP contribution in [-0.2, 0) is 6.54 Å². The van der Waals surface area contributed by atoms with Gasteiger partial charge in [-0.2, -0.15) is 4.57 Å². The van der Waals surface area contributed by atoms with Crippen LogP contribution in [0.4, 0.5) is 5.69 Å². The van der Waals surface area contributed by atoms with Crippen molar-refractivity contribution in [2.75, 3.05) is 11.4 Å². The van der Waals surface area contributed by atoms with Crippen LogP contribution >= 0.6 is 0 Å². The van der Waals surface area contributed by atoms with Crippen molar-refractivity contribution in [3.63, 3.8) is 0 Å². The average molecular weight is 746 g/mol. The summed E-state index contributed by atoms with van der Waals surface area (Å²) < 4.78 is 2.47. The molecule has 302 valence electrons. The van der Waals surface area contributed by atoms with Gasteiger partial charge in [0.15, 0.2) is 6.20 Å². The second-order valence-electron chi connectivity index (χ2n) is 16.7. The van der Waals surface area contributed by atoms with E-state index < -0.39 is 0 Å². The number of unbranched alkanes of at least 4 members (excludes halogenated alkanes) is 26. The fraction of sp³-hybridized carbons (Fsp3) is 0.604. The van der Waals surface area contributed by atoms with Crippen LogP contribution in [0, 0.1) is 0 Å². The molecule has 0 fully saturated rings. The van der Waals surface area contributed by atoms with Crippen molar-refractivity contribution in [3.05, 3.63) is 96.3 Å². The molecule has 0 bridgehead atoms. The number of nitrogens with zero attached hydrogens (tertiary/aromatic N) is 2. The number of benzene rings is 2. The first-order valence-electron chi connectivity index (χ1n) is 23.7. The Morgan fingerprint density at radius 1 is 0.509 bits per heavy atom. The Morgan fingerprint density at radius 2 is 1.00 bits per heavy atom. The minimum atomic E-state index is 1.10. The number of allylic oxidation sites excluding steroid dienone is 4. The van der Waals surface area contributed by atoms with E-state index in [1.165, 1.54) is 213 Å². The van der Waals surface area contributed by atoms with Crippen molar-refractivity contribution in [1.82, 2.24) is 0 Å². The Kier molecular flexibility index (Phi) is 23.6. The number of anilines is 1. The Bertz CT molecular complexity index is 1510. The molecule has 0 radical (unpaired) electrons. The number of hydrogen-bond donors (Lipinski definition) is 0. The standard InChI is InChI=1S/C53H81N2/c1-3-5-7-9-11-13-15-17-19-21-23-25-27-33-44-54-46-42-48(50-38-29-31-40-52(50)54)36-35-37-49-43-47-55(53-41-32-30-39-51(49)53)45-34-28-26-24-22-20-18-16-14-12-10-8-6-4-2/h29-32,35-43,46-47H,3-28,33-34,44-45H2,1-2H3/q+1. The SMILES string of the molecule is CCCCCCCCCCCCCCCCN1C=C/C(=C\C=C\c2cc[n+](CCCCCCCCCCCCCCCC)c3ccccc23)c2ccccc21. The molecule has 0 unspecified atom stereocenters. The van der Waals surface area contributed by atoms with Crippen molar-refractivity contribution in [3.8, 4) is 0 Å². The first-order valence-corrected chi connectivity index (χ1v) is 23.7. The van der Waals surface area contributed by atoms with Gasteiger partial charge in [0.05, 0.1) is 5.39 Å². The minimum absolute atomic E-state index is 1.10. The molecule has 0 saturated carbocycles. The topological polar surface area (TPSA) is 7.12 Å². The number of fused-ring (bicyclic) bond motifs is 2. The van der Waals surface area contributed by atoms with Gasteiger partial charge in [-0.1, -0.05) is 223 Å². The molecule has 0 atom stereocenters. The average Bonchev–Trinajstić information content (AvgIpc) is 3.22. The van der Waals surface area contributed by atoms with E-state index in [0.717, 1.165) is 13.1 Å². The predicted molar refractivity (Wildman–Crippen MR) is 245 cm³/mol. The fourth-order valence-corrected chi connectivity index (χ4v) is 8.51. The summed E-state index contributed by atoms with van der Waals surface area (Å²) in [5.41, 5.74) is 6.60. The summed E-state index contributed by atoms with van der Waals surface area (Å²) in [4.78, 5) is 2.47. The van der Waals surface area contributed by atoms with Gasteiger partial charge in [0.25, 0.3) is 0 Å². The monoisotopic (exact) mass is 746 g/mol. The van der Waals surface area contributed by atoms with Gasteiger partial charge in [0.1, 0.15) is 6.54 Å². The van der Waals surface area contributed by atoms with Crippen LogP contribution in [-0.4, -0.2) is 6.54 Å². The van der Waals surface area contributed by atoms with Crippen molar-refractivity contribution in [2.24, 2.45) is 0 Å². The van der Waals surface area contributed by atoms with E-state index in [1.54, 1.807) is 0 Å². The molecular formula is C53H81N2+. The van der Waals surface area contributed by atoms with E-state index in [0.29, 0.717) is 0 Å². The Labute approximate surface area is 339 Å². The van der Waals surface area contributed by atoms with Gasteiger partial charge < -0.3 is 4.90 Å². The van der Waals surface area contributed by atoms with Gasteiger partial charge in [-0.05, 0) is 42.2 Å². The minimum Gasteiger partial charge on any atom is -0.347 e. The lowest BCUT2D eigenvalue weighted by Crippen LogP contribution is -2.34. The molecule has 4 rings (SSSR count). The zero-order valence-electron chi connectivity index (χ0n) is 35.8. The van der Waals surface area contributed by atoms with Crippen LogP contribution in [0.2, 0.25) is 0 Å². The van der Waals surface area contributed by atoms with Crippen molar-refractivity contribution in [2.45, 2.75) is 200 Å². The van der Waals surface area contributed by atoms with Crippen LogP contribution < -0.4 is 9.47 Å². The molecule has 1 aliphatic rings. The first-order chi connectivity index (χ1) is 27.3. The van der Waals surface area contributed by atoms with E-state index in [-0.39, 0.29) is 0 Å². The number of rotatable bonds is 32. The zero-order valence-corrected chi connectivity index (χ0v) is 35.8. The van der Waals surface area contributed by atoms with Gasteiger partial charge in [-0.15, -0.1) is 0 Å². The molecule has 0 aliphatic carbocycles. The molecule has 0 amide bonds. The Balaban J connectivity index is 1.15. The summed E-state index contributed by atoms with van der Waals surface area (Å²) >= 11 is 0. The lowest BCUT2D eigenvalue weighted by atomic mass is 9.98. The molecule has 0 spiro atoms. The van der Waals surface area contributed by atoms with E-state index in [2.05, 4.69) is 115 Å². The van der Waals surface area contributed by atoms with Crippen molar-refractivity contribution in [1.29, 1.82) is 0 Å². The van der Waals surface area contributed by atoms with Gasteiger partial charge in [-0.25, -0.2) is 0 Å². The molecule has 1 aromatic heterocycles. The van der Waals surface area contributed by atoms with Crippen molar-refractivity contribution < 1.29 is 4.57 Å². The van der Waals surface area contributed by atoms with Crippen LogP contribution in [0.15, 0.2) is 85.2 Å². The predicted octanol–water partition coefficient (Wildman–Crippen LogP) is 16.5. The van der Waals surface area contributed by atoms with Gasteiger partial charge in [-0.3, -0.25) is 0 Å². The molecule has 1 aliphatic heterocycles. The fourth-order valence-electron chi connectivity index (χ4n) is 8.51.